The molecule has 15 heavy (non-hydrogen) atoms. The van der Waals surface area contributed by atoms with E-state index >= 15 is 0 Å². The van der Waals surface area contributed by atoms with Gasteiger partial charge in [-0.15, -0.1) is 0 Å². The molecule has 0 spiro atoms. The van der Waals surface area contributed by atoms with Crippen LogP contribution in [0.15, 0.2) is 48.5 Å². The van der Waals surface area contributed by atoms with Gasteiger partial charge in [-0.1, -0.05) is 42.5 Å². The third-order valence-electron chi connectivity index (χ3n) is 2.10. The van der Waals surface area contributed by atoms with Gasteiger partial charge in [-0.3, -0.25) is 4.79 Å². The van der Waals surface area contributed by atoms with E-state index in [4.69, 9.17) is 0 Å². The van der Waals surface area contributed by atoms with Crippen LogP contribution in [0, 0.1) is 6.07 Å². The number of carbonyl (C=O) groups excluding carboxylic acids is 1. The van der Waals surface area contributed by atoms with Crippen molar-refractivity contribution in [3.8, 4) is 5.75 Å². The molecule has 0 bridgehead atoms. The Kier molecular flexibility index (Phi) is 2.50. The molecule has 2 rings (SSSR count). The van der Waals surface area contributed by atoms with Crippen LogP contribution in [-0.4, -0.2) is 10.9 Å². The number of hydrogen-bond acceptors (Lipinski definition) is 2. The van der Waals surface area contributed by atoms with E-state index in [0.717, 1.165) is 0 Å². The Balaban J connectivity index is 2.42. The third kappa shape index (κ3) is 1.89. The predicted octanol–water partition coefficient (Wildman–Crippen LogP) is 2.42. The standard InChI is InChI=1S/C13H9O2/c14-12-9-5-4-8-11(12)13(15)10-6-2-1-3-7-10/h1-7,9,14H. The third-order valence-corrected chi connectivity index (χ3v) is 2.10. The molecule has 1 N–H and O–H groups in total. The molecule has 0 unspecified atom stereocenters. The summed E-state index contributed by atoms with van der Waals surface area (Å²) in [6.07, 6.45) is 0. The zero-order valence-corrected chi connectivity index (χ0v) is 7.97. The van der Waals surface area contributed by atoms with Gasteiger partial charge in [0.1, 0.15) is 5.75 Å². The van der Waals surface area contributed by atoms with Gasteiger partial charge in [0.15, 0.2) is 5.78 Å². The molecule has 0 saturated heterocycles. The van der Waals surface area contributed by atoms with Gasteiger partial charge < -0.3 is 5.11 Å². The van der Waals surface area contributed by atoms with Crippen molar-refractivity contribution < 1.29 is 9.90 Å². The maximum absolute atomic E-state index is 11.9. The maximum atomic E-state index is 11.9. The minimum absolute atomic E-state index is 0.0358. The van der Waals surface area contributed by atoms with Crippen molar-refractivity contribution in [2.24, 2.45) is 0 Å². The second-order valence-electron chi connectivity index (χ2n) is 3.13. The fourth-order valence-electron chi connectivity index (χ4n) is 1.34. The minimum Gasteiger partial charge on any atom is -0.507 e. The van der Waals surface area contributed by atoms with Gasteiger partial charge in [0, 0.05) is 5.56 Å². The molecule has 0 fully saturated rings. The molecule has 2 nitrogen and oxygen atoms in total. The molecule has 0 aliphatic rings. The SMILES string of the molecule is O=C(c1ccccc1)c1[c]cccc1O. The second kappa shape index (κ2) is 3.96. The Labute approximate surface area is 87.8 Å². The van der Waals surface area contributed by atoms with Crippen LogP contribution < -0.4 is 0 Å². The first-order chi connectivity index (χ1) is 7.29. The fourth-order valence-corrected chi connectivity index (χ4v) is 1.34. The lowest BCUT2D eigenvalue weighted by molar-refractivity contribution is 0.103. The zero-order chi connectivity index (χ0) is 10.7. The normalized spacial score (nSPS) is 9.87. The molecule has 0 aromatic heterocycles. The lowest BCUT2D eigenvalue weighted by atomic mass is 10.0. The van der Waals surface area contributed by atoms with Crippen molar-refractivity contribution in [1.29, 1.82) is 0 Å². The zero-order valence-electron chi connectivity index (χ0n) is 7.97. The van der Waals surface area contributed by atoms with Gasteiger partial charge in [0.25, 0.3) is 0 Å². The fraction of sp³-hybridized carbons (Fsp3) is 0. The highest BCUT2D eigenvalue weighted by atomic mass is 16.3. The summed E-state index contributed by atoms with van der Waals surface area (Å²) in [6.45, 7) is 0. The van der Waals surface area contributed by atoms with Crippen LogP contribution in [0.1, 0.15) is 15.9 Å². The van der Waals surface area contributed by atoms with Crippen LogP contribution >= 0.6 is 0 Å². The van der Waals surface area contributed by atoms with Crippen LogP contribution in [-0.2, 0) is 0 Å². The molecule has 2 aromatic carbocycles. The topological polar surface area (TPSA) is 37.3 Å². The molecule has 1 radical (unpaired) electrons. The highest BCUT2D eigenvalue weighted by Gasteiger charge is 2.11. The predicted molar refractivity (Wildman–Crippen MR) is 56.8 cm³/mol. The lowest BCUT2D eigenvalue weighted by Crippen LogP contribution is -2.01. The van der Waals surface area contributed by atoms with Crippen LogP contribution in [0.4, 0.5) is 0 Å². The van der Waals surface area contributed by atoms with Gasteiger partial charge in [-0.25, -0.2) is 0 Å². The number of ketones is 1. The number of benzene rings is 2. The second-order valence-corrected chi connectivity index (χ2v) is 3.13. The maximum Gasteiger partial charge on any atom is 0.197 e. The summed E-state index contributed by atoms with van der Waals surface area (Å²) in [6, 6.07) is 16.3. The highest BCUT2D eigenvalue weighted by molar-refractivity contribution is 6.10. The Hall–Kier alpha value is -2.09. The monoisotopic (exact) mass is 197 g/mol. The summed E-state index contributed by atoms with van der Waals surface area (Å²) in [4.78, 5) is 11.9. The number of hydrogen-bond donors (Lipinski definition) is 1. The van der Waals surface area contributed by atoms with Gasteiger partial charge >= 0.3 is 0 Å². The van der Waals surface area contributed by atoms with E-state index < -0.39 is 0 Å². The van der Waals surface area contributed by atoms with Crippen molar-refractivity contribution >= 4 is 5.78 Å². The molecule has 0 heterocycles. The molecule has 0 amide bonds. The summed E-state index contributed by atoms with van der Waals surface area (Å²) < 4.78 is 0. The summed E-state index contributed by atoms with van der Waals surface area (Å²) in [7, 11) is 0. The molecule has 2 heteroatoms. The summed E-state index contributed by atoms with van der Waals surface area (Å²) >= 11 is 0. The summed E-state index contributed by atoms with van der Waals surface area (Å²) in [5, 5.41) is 9.49. The smallest absolute Gasteiger partial charge is 0.197 e. The van der Waals surface area contributed by atoms with Gasteiger partial charge in [0.2, 0.25) is 0 Å². The quantitative estimate of drug-likeness (QED) is 0.751. The van der Waals surface area contributed by atoms with E-state index in [0.29, 0.717) is 5.56 Å². The van der Waals surface area contributed by atoms with Crippen LogP contribution in [0.2, 0.25) is 0 Å². The number of carbonyl (C=O) groups is 1. The van der Waals surface area contributed by atoms with Crippen molar-refractivity contribution in [1.82, 2.24) is 0 Å². The number of phenols is 1. The van der Waals surface area contributed by atoms with Crippen molar-refractivity contribution in [2.45, 2.75) is 0 Å². The number of aromatic hydroxyl groups is 1. The van der Waals surface area contributed by atoms with Crippen molar-refractivity contribution in [3.05, 3.63) is 65.7 Å². The molecule has 73 valence electrons. The van der Waals surface area contributed by atoms with E-state index in [1.54, 1.807) is 36.4 Å². The lowest BCUT2D eigenvalue weighted by Gasteiger charge is -2.02. The average Bonchev–Trinajstić information content (AvgIpc) is 2.30. The average molecular weight is 197 g/mol. The minimum atomic E-state index is -0.214. The van der Waals surface area contributed by atoms with Gasteiger partial charge in [-0.2, -0.15) is 0 Å². The molecular formula is C13H9O2. The molecule has 0 atom stereocenters. The Morgan fingerprint density at radius 1 is 1.07 bits per heavy atom. The summed E-state index contributed by atoms with van der Waals surface area (Å²) in [5.41, 5.74) is 0.763. The van der Waals surface area contributed by atoms with Crippen LogP contribution in [0.5, 0.6) is 5.75 Å². The van der Waals surface area contributed by atoms with E-state index in [1.807, 2.05) is 6.07 Å². The van der Waals surface area contributed by atoms with Gasteiger partial charge in [-0.05, 0) is 12.1 Å². The van der Waals surface area contributed by atoms with E-state index in [2.05, 4.69) is 6.07 Å². The molecule has 0 aliphatic carbocycles. The Morgan fingerprint density at radius 2 is 1.80 bits per heavy atom. The molecule has 2 aromatic rings. The first-order valence-electron chi connectivity index (χ1n) is 4.58. The first kappa shape index (κ1) is 9.46. The van der Waals surface area contributed by atoms with Crippen molar-refractivity contribution in [3.63, 3.8) is 0 Å². The van der Waals surface area contributed by atoms with Crippen LogP contribution in [0.3, 0.4) is 0 Å². The molecule has 0 aliphatic heterocycles. The van der Waals surface area contributed by atoms with E-state index in [9.17, 15) is 9.90 Å². The highest BCUT2D eigenvalue weighted by Crippen LogP contribution is 2.18. The van der Waals surface area contributed by atoms with Crippen molar-refractivity contribution in [2.75, 3.05) is 0 Å². The number of rotatable bonds is 2. The van der Waals surface area contributed by atoms with Crippen LogP contribution in [0.25, 0.3) is 0 Å². The molecular weight excluding hydrogens is 188 g/mol. The molecule has 0 saturated carbocycles. The Bertz CT molecular complexity index is 475. The van der Waals surface area contributed by atoms with E-state index in [1.165, 1.54) is 6.07 Å². The number of phenolic OH excluding ortho intramolecular Hbond substituents is 1. The largest absolute Gasteiger partial charge is 0.507 e. The Morgan fingerprint density at radius 3 is 2.47 bits per heavy atom. The van der Waals surface area contributed by atoms with E-state index in [-0.39, 0.29) is 17.1 Å². The van der Waals surface area contributed by atoms with Gasteiger partial charge in [0.05, 0.1) is 5.56 Å². The summed E-state index contributed by atoms with van der Waals surface area (Å²) in [5.74, 6) is -0.250. The first-order valence-corrected chi connectivity index (χ1v) is 4.58.